The maximum absolute atomic E-state index is 11.5. The van der Waals surface area contributed by atoms with Crippen molar-refractivity contribution in [3.8, 4) is 0 Å². The molecule has 1 aliphatic heterocycles. The molecule has 2 fully saturated rings. The van der Waals surface area contributed by atoms with E-state index in [1.54, 1.807) is 6.08 Å². The Morgan fingerprint density at radius 1 is 1.36 bits per heavy atom. The molecule has 2 N–H and O–H groups in total. The van der Waals surface area contributed by atoms with Gasteiger partial charge in [0.1, 0.15) is 5.25 Å². The van der Waals surface area contributed by atoms with Gasteiger partial charge in [-0.3, -0.25) is 0 Å². The summed E-state index contributed by atoms with van der Waals surface area (Å²) in [6.07, 6.45) is 3.86. The third kappa shape index (κ3) is 2.16. The van der Waals surface area contributed by atoms with Crippen molar-refractivity contribution in [2.45, 2.75) is 24.1 Å². The normalized spacial score (nSPS) is 26.4. The first-order valence-electron chi connectivity index (χ1n) is 4.85. The predicted molar refractivity (Wildman–Crippen MR) is 53.4 cm³/mol. The van der Waals surface area contributed by atoms with Crippen LogP contribution in [-0.2, 0) is 14.6 Å². The fourth-order valence-corrected chi connectivity index (χ4v) is 2.55. The van der Waals surface area contributed by atoms with E-state index in [-0.39, 0.29) is 11.3 Å². The molecule has 0 aromatic carbocycles. The maximum Gasteiger partial charge on any atom is 0.178 e. The van der Waals surface area contributed by atoms with Crippen molar-refractivity contribution < 1.29 is 13.2 Å². The Hall–Kier alpha value is -0.390. The highest BCUT2D eigenvalue weighted by Gasteiger charge is 2.31. The van der Waals surface area contributed by atoms with Crippen LogP contribution in [0.2, 0.25) is 0 Å². The SMILES string of the molecule is N[C@H](/C=C/S(=O)(=O)C1COC1)C1CC1. The third-order valence-electron chi connectivity index (χ3n) is 2.73. The van der Waals surface area contributed by atoms with Crippen LogP contribution in [0.4, 0.5) is 0 Å². The zero-order valence-electron chi connectivity index (χ0n) is 7.93. The lowest BCUT2D eigenvalue weighted by Crippen LogP contribution is -2.39. The molecular formula is C9H15NO3S. The molecule has 0 radical (unpaired) electrons. The summed E-state index contributed by atoms with van der Waals surface area (Å²) < 4.78 is 27.9. The Balaban J connectivity index is 1.93. The third-order valence-corrected chi connectivity index (χ3v) is 4.47. The summed E-state index contributed by atoms with van der Waals surface area (Å²) in [4.78, 5) is 0. The van der Waals surface area contributed by atoms with Gasteiger partial charge in [0, 0.05) is 11.4 Å². The van der Waals surface area contributed by atoms with Crippen LogP contribution in [0.15, 0.2) is 11.5 Å². The number of hydrogen-bond donors (Lipinski definition) is 1. The Kier molecular flexibility index (Phi) is 2.64. The van der Waals surface area contributed by atoms with Gasteiger partial charge in [0.25, 0.3) is 0 Å². The molecule has 2 aliphatic rings. The Morgan fingerprint density at radius 3 is 2.43 bits per heavy atom. The molecule has 4 nitrogen and oxygen atoms in total. The molecule has 0 amide bonds. The topological polar surface area (TPSA) is 69.4 Å². The van der Waals surface area contributed by atoms with Crippen LogP contribution in [-0.4, -0.2) is 32.9 Å². The highest BCUT2D eigenvalue weighted by atomic mass is 32.2. The summed E-state index contributed by atoms with van der Waals surface area (Å²) in [6, 6.07) is -0.0919. The van der Waals surface area contributed by atoms with Crippen LogP contribution >= 0.6 is 0 Å². The lowest BCUT2D eigenvalue weighted by atomic mass is 10.2. The average molecular weight is 217 g/mol. The molecule has 1 saturated heterocycles. The molecule has 0 bridgehead atoms. The highest BCUT2D eigenvalue weighted by Crippen LogP contribution is 2.32. The van der Waals surface area contributed by atoms with Gasteiger partial charge in [0.05, 0.1) is 13.2 Å². The number of rotatable bonds is 4. The standard InChI is InChI=1S/C9H15NO3S/c10-9(7-1-2-7)3-4-14(11,12)8-5-13-6-8/h3-4,7-9H,1-2,5-6,10H2/b4-3+/t9-/m1/s1. The summed E-state index contributed by atoms with van der Waals surface area (Å²) in [6.45, 7) is 0.649. The molecule has 0 aromatic rings. The first kappa shape index (κ1) is 10.1. The minimum atomic E-state index is -3.11. The molecule has 80 valence electrons. The van der Waals surface area contributed by atoms with E-state index in [0.29, 0.717) is 19.1 Å². The maximum atomic E-state index is 11.5. The summed E-state index contributed by atoms with van der Waals surface area (Å²) in [5.74, 6) is 0.499. The van der Waals surface area contributed by atoms with Gasteiger partial charge in [-0.05, 0) is 18.8 Å². The number of ether oxygens (including phenoxy) is 1. The number of sulfone groups is 1. The Labute approximate surface area is 84.0 Å². The molecule has 0 aromatic heterocycles. The van der Waals surface area contributed by atoms with Gasteiger partial charge in [0.15, 0.2) is 9.84 Å². The molecule has 1 saturated carbocycles. The molecule has 1 aliphatic carbocycles. The van der Waals surface area contributed by atoms with Gasteiger partial charge in [-0.1, -0.05) is 6.08 Å². The summed E-state index contributed by atoms with van der Waals surface area (Å²) in [5.41, 5.74) is 5.76. The molecular weight excluding hydrogens is 202 g/mol. The second-order valence-electron chi connectivity index (χ2n) is 3.99. The average Bonchev–Trinajstić information content (AvgIpc) is 2.77. The summed E-state index contributed by atoms with van der Waals surface area (Å²) in [7, 11) is -3.11. The van der Waals surface area contributed by atoms with Crippen LogP contribution in [0.1, 0.15) is 12.8 Å². The largest absolute Gasteiger partial charge is 0.379 e. The molecule has 14 heavy (non-hydrogen) atoms. The molecule has 0 spiro atoms. The molecule has 5 heteroatoms. The lowest BCUT2D eigenvalue weighted by molar-refractivity contribution is 0.0420. The summed E-state index contributed by atoms with van der Waals surface area (Å²) in [5, 5.41) is 0.925. The minimum absolute atomic E-state index is 0.0919. The van der Waals surface area contributed by atoms with Gasteiger partial charge in [-0.2, -0.15) is 0 Å². The van der Waals surface area contributed by atoms with Gasteiger partial charge >= 0.3 is 0 Å². The van der Waals surface area contributed by atoms with Crippen molar-refractivity contribution in [2.75, 3.05) is 13.2 Å². The van der Waals surface area contributed by atoms with Crippen molar-refractivity contribution in [2.24, 2.45) is 11.7 Å². The van der Waals surface area contributed by atoms with E-state index in [1.807, 2.05) is 0 Å². The monoisotopic (exact) mass is 217 g/mol. The second-order valence-corrected chi connectivity index (χ2v) is 6.11. The van der Waals surface area contributed by atoms with Crippen molar-refractivity contribution in [3.05, 3.63) is 11.5 Å². The van der Waals surface area contributed by atoms with Crippen LogP contribution in [0, 0.1) is 5.92 Å². The van der Waals surface area contributed by atoms with Crippen molar-refractivity contribution in [3.63, 3.8) is 0 Å². The van der Waals surface area contributed by atoms with E-state index in [4.69, 9.17) is 10.5 Å². The van der Waals surface area contributed by atoms with E-state index < -0.39 is 9.84 Å². The first-order valence-corrected chi connectivity index (χ1v) is 6.46. The van der Waals surface area contributed by atoms with Gasteiger partial charge in [-0.15, -0.1) is 0 Å². The van der Waals surface area contributed by atoms with Crippen molar-refractivity contribution in [1.29, 1.82) is 0 Å². The van der Waals surface area contributed by atoms with Gasteiger partial charge in [0.2, 0.25) is 0 Å². The first-order chi connectivity index (χ1) is 6.59. The quantitative estimate of drug-likeness (QED) is 0.722. The van der Waals surface area contributed by atoms with E-state index in [9.17, 15) is 8.42 Å². The predicted octanol–water partition coefficient (Wildman–Crippen LogP) is 0.0510. The minimum Gasteiger partial charge on any atom is -0.379 e. The Morgan fingerprint density at radius 2 is 2.00 bits per heavy atom. The fraction of sp³-hybridized carbons (Fsp3) is 0.778. The van der Waals surface area contributed by atoms with E-state index in [1.165, 1.54) is 5.41 Å². The molecule has 1 heterocycles. The van der Waals surface area contributed by atoms with Crippen LogP contribution in [0.3, 0.4) is 0 Å². The zero-order chi connectivity index (χ0) is 10.2. The highest BCUT2D eigenvalue weighted by molar-refractivity contribution is 7.95. The lowest BCUT2D eigenvalue weighted by Gasteiger charge is -2.24. The van der Waals surface area contributed by atoms with Gasteiger partial charge in [-0.25, -0.2) is 8.42 Å². The van der Waals surface area contributed by atoms with Crippen molar-refractivity contribution >= 4 is 9.84 Å². The van der Waals surface area contributed by atoms with Crippen LogP contribution in [0.25, 0.3) is 0 Å². The van der Waals surface area contributed by atoms with E-state index in [2.05, 4.69) is 0 Å². The van der Waals surface area contributed by atoms with Crippen LogP contribution < -0.4 is 5.73 Å². The smallest absolute Gasteiger partial charge is 0.178 e. The van der Waals surface area contributed by atoms with Gasteiger partial charge < -0.3 is 10.5 Å². The second kappa shape index (κ2) is 3.64. The number of nitrogens with two attached hydrogens (primary N) is 1. The summed E-state index contributed by atoms with van der Waals surface area (Å²) >= 11 is 0. The van der Waals surface area contributed by atoms with Crippen LogP contribution in [0.5, 0.6) is 0 Å². The van der Waals surface area contributed by atoms with Crippen molar-refractivity contribution in [1.82, 2.24) is 0 Å². The molecule has 2 rings (SSSR count). The zero-order valence-corrected chi connectivity index (χ0v) is 8.74. The molecule has 1 atom stereocenters. The molecule has 0 unspecified atom stereocenters. The van der Waals surface area contributed by atoms with E-state index >= 15 is 0 Å². The Bertz CT molecular complexity index is 328. The number of hydrogen-bond acceptors (Lipinski definition) is 4. The van der Waals surface area contributed by atoms with E-state index in [0.717, 1.165) is 12.8 Å². The fourth-order valence-electron chi connectivity index (χ4n) is 1.35.